The van der Waals surface area contributed by atoms with Gasteiger partial charge in [-0.2, -0.15) is 0 Å². The van der Waals surface area contributed by atoms with Crippen LogP contribution in [0.5, 0.6) is 0 Å². The lowest BCUT2D eigenvalue weighted by molar-refractivity contribution is 0.635. The van der Waals surface area contributed by atoms with Gasteiger partial charge in [0, 0.05) is 11.1 Å². The summed E-state index contributed by atoms with van der Waals surface area (Å²) in [6.07, 6.45) is 2.94. The molecule has 0 radical (unpaired) electrons. The molecule has 0 saturated heterocycles. The van der Waals surface area contributed by atoms with Gasteiger partial charge in [0.1, 0.15) is 11.3 Å². The summed E-state index contributed by atoms with van der Waals surface area (Å²) in [6, 6.07) is 3.44. The Morgan fingerprint density at radius 2 is 2.18 bits per heavy atom. The number of fused-ring (bicyclic) bond motifs is 2. The molecule has 0 amide bonds. The quantitative estimate of drug-likeness (QED) is 0.585. The van der Waals surface area contributed by atoms with Crippen LogP contribution >= 0.6 is 0 Å². The van der Waals surface area contributed by atoms with Gasteiger partial charge in [-0.3, -0.25) is 5.84 Å². The van der Waals surface area contributed by atoms with Crippen LogP contribution in [0.15, 0.2) is 12.1 Å². The minimum absolute atomic E-state index is 0.272. The Balaban J connectivity index is 2.45. The summed E-state index contributed by atoms with van der Waals surface area (Å²) >= 11 is 0. The number of hydrazine groups is 1. The van der Waals surface area contributed by atoms with E-state index in [2.05, 4.69) is 10.4 Å². The Labute approximate surface area is 98.8 Å². The van der Waals surface area contributed by atoms with E-state index in [1.807, 2.05) is 13.0 Å². The summed E-state index contributed by atoms with van der Waals surface area (Å²) in [4.78, 5) is 4.43. The number of benzene rings is 1. The Morgan fingerprint density at radius 1 is 1.35 bits per heavy atom. The van der Waals surface area contributed by atoms with E-state index in [1.54, 1.807) is 0 Å². The first-order valence-electron chi connectivity index (χ1n) is 5.79. The average Bonchev–Trinajstić information content (AvgIpc) is 2.74. The van der Waals surface area contributed by atoms with Gasteiger partial charge < -0.3 is 5.43 Å². The van der Waals surface area contributed by atoms with Gasteiger partial charge in [-0.25, -0.2) is 9.37 Å². The number of nitrogens with zero attached hydrogens (tertiary/aromatic N) is 1. The molecule has 3 rings (SSSR count). The lowest BCUT2D eigenvalue weighted by atomic mass is 10.0. The standard InChI is InChI=1S/C13H14FN3/c1-7-5-9-12(17-15)8-3-2-4-11(8)16-13(9)10(14)6-7/h5-6H,2-4,15H2,1H3,(H,16,17). The summed E-state index contributed by atoms with van der Waals surface area (Å²) in [5.74, 6) is 5.32. The van der Waals surface area contributed by atoms with Gasteiger partial charge in [-0.15, -0.1) is 0 Å². The van der Waals surface area contributed by atoms with E-state index in [0.717, 1.165) is 47.2 Å². The van der Waals surface area contributed by atoms with Crippen LogP contribution in [-0.2, 0) is 12.8 Å². The van der Waals surface area contributed by atoms with E-state index >= 15 is 0 Å². The molecule has 88 valence electrons. The molecule has 1 aliphatic rings. The molecular formula is C13H14FN3. The average molecular weight is 231 g/mol. The minimum Gasteiger partial charge on any atom is -0.323 e. The molecule has 1 heterocycles. The number of anilines is 1. The Hall–Kier alpha value is -1.68. The zero-order chi connectivity index (χ0) is 12.0. The lowest BCUT2D eigenvalue weighted by Crippen LogP contribution is -2.11. The van der Waals surface area contributed by atoms with Gasteiger partial charge >= 0.3 is 0 Å². The van der Waals surface area contributed by atoms with Crippen LogP contribution in [0.3, 0.4) is 0 Å². The van der Waals surface area contributed by atoms with Crippen LogP contribution in [0.25, 0.3) is 10.9 Å². The van der Waals surface area contributed by atoms with Gasteiger partial charge in [0.15, 0.2) is 0 Å². The van der Waals surface area contributed by atoms with Crippen molar-refractivity contribution < 1.29 is 4.39 Å². The zero-order valence-electron chi connectivity index (χ0n) is 9.68. The normalized spacial score (nSPS) is 14.1. The first-order chi connectivity index (χ1) is 8.20. The van der Waals surface area contributed by atoms with Crippen molar-refractivity contribution in [3.63, 3.8) is 0 Å². The smallest absolute Gasteiger partial charge is 0.149 e. The zero-order valence-corrected chi connectivity index (χ0v) is 9.68. The number of pyridine rings is 1. The molecule has 0 fully saturated rings. The maximum absolute atomic E-state index is 13.9. The van der Waals surface area contributed by atoms with E-state index in [-0.39, 0.29) is 5.82 Å². The number of nitrogens with two attached hydrogens (primary N) is 1. The maximum atomic E-state index is 13.9. The highest BCUT2D eigenvalue weighted by Crippen LogP contribution is 2.34. The number of nitrogens with one attached hydrogen (secondary N) is 1. The highest BCUT2D eigenvalue weighted by atomic mass is 19.1. The molecule has 0 atom stereocenters. The van der Waals surface area contributed by atoms with Crippen LogP contribution in [0.1, 0.15) is 23.2 Å². The first-order valence-corrected chi connectivity index (χ1v) is 5.79. The Bertz CT molecular complexity index is 607. The molecule has 0 spiro atoms. The predicted octanol–water partition coefficient (Wildman–Crippen LogP) is 2.46. The molecule has 0 unspecified atom stereocenters. The minimum atomic E-state index is -0.272. The first kappa shape index (κ1) is 10.5. The monoisotopic (exact) mass is 231 g/mol. The van der Waals surface area contributed by atoms with Crippen molar-refractivity contribution in [2.45, 2.75) is 26.2 Å². The number of rotatable bonds is 1. The maximum Gasteiger partial charge on any atom is 0.149 e. The number of hydrogen-bond acceptors (Lipinski definition) is 3. The van der Waals surface area contributed by atoms with E-state index in [0.29, 0.717) is 5.52 Å². The van der Waals surface area contributed by atoms with Crippen molar-refractivity contribution in [1.29, 1.82) is 0 Å². The fourth-order valence-electron chi connectivity index (χ4n) is 2.62. The molecule has 4 heteroatoms. The summed E-state index contributed by atoms with van der Waals surface area (Å²) in [5.41, 5.74) is 6.98. The van der Waals surface area contributed by atoms with Crippen LogP contribution in [0, 0.1) is 12.7 Å². The summed E-state index contributed by atoms with van der Waals surface area (Å²) in [5, 5.41) is 0.783. The molecule has 1 aromatic heterocycles. The van der Waals surface area contributed by atoms with Gasteiger partial charge in [-0.05, 0) is 49.4 Å². The van der Waals surface area contributed by atoms with Gasteiger partial charge in [0.2, 0.25) is 0 Å². The molecule has 17 heavy (non-hydrogen) atoms. The summed E-state index contributed by atoms with van der Waals surface area (Å²) < 4.78 is 13.9. The van der Waals surface area contributed by atoms with Crippen molar-refractivity contribution in [3.05, 3.63) is 34.8 Å². The third-order valence-electron chi connectivity index (χ3n) is 3.36. The van der Waals surface area contributed by atoms with Crippen molar-refractivity contribution in [2.24, 2.45) is 5.84 Å². The van der Waals surface area contributed by atoms with Crippen molar-refractivity contribution >= 4 is 16.6 Å². The van der Waals surface area contributed by atoms with E-state index < -0.39 is 0 Å². The second-order valence-corrected chi connectivity index (χ2v) is 4.55. The highest BCUT2D eigenvalue weighted by molar-refractivity contribution is 5.94. The SMILES string of the molecule is Cc1cc(F)c2nc3c(c(NN)c2c1)CCC3. The van der Waals surface area contributed by atoms with Gasteiger partial charge in [0.05, 0.1) is 5.69 Å². The van der Waals surface area contributed by atoms with E-state index in [9.17, 15) is 4.39 Å². The van der Waals surface area contributed by atoms with Gasteiger partial charge in [-0.1, -0.05) is 0 Å². The summed E-state index contributed by atoms with van der Waals surface area (Å²) in [6.45, 7) is 1.87. The predicted molar refractivity (Wildman–Crippen MR) is 66.3 cm³/mol. The van der Waals surface area contributed by atoms with Crippen molar-refractivity contribution in [1.82, 2.24) is 4.98 Å². The van der Waals surface area contributed by atoms with Crippen molar-refractivity contribution in [2.75, 3.05) is 5.43 Å². The summed E-state index contributed by atoms with van der Waals surface area (Å²) in [7, 11) is 0. The lowest BCUT2D eigenvalue weighted by Gasteiger charge is -2.12. The van der Waals surface area contributed by atoms with Crippen LogP contribution < -0.4 is 11.3 Å². The second-order valence-electron chi connectivity index (χ2n) is 4.55. The molecule has 1 aliphatic carbocycles. The van der Waals surface area contributed by atoms with Crippen molar-refractivity contribution in [3.8, 4) is 0 Å². The molecule has 0 aliphatic heterocycles. The largest absolute Gasteiger partial charge is 0.323 e. The van der Waals surface area contributed by atoms with E-state index in [4.69, 9.17) is 5.84 Å². The number of aromatic nitrogens is 1. The van der Waals surface area contributed by atoms with E-state index in [1.165, 1.54) is 6.07 Å². The highest BCUT2D eigenvalue weighted by Gasteiger charge is 2.20. The van der Waals surface area contributed by atoms with Crippen LogP contribution in [0.2, 0.25) is 0 Å². The molecule has 3 nitrogen and oxygen atoms in total. The van der Waals surface area contributed by atoms with Gasteiger partial charge in [0.25, 0.3) is 0 Å². The van der Waals surface area contributed by atoms with Crippen LogP contribution in [-0.4, -0.2) is 4.98 Å². The Kier molecular flexibility index (Phi) is 2.26. The Morgan fingerprint density at radius 3 is 2.94 bits per heavy atom. The molecule has 0 saturated carbocycles. The third kappa shape index (κ3) is 1.48. The topological polar surface area (TPSA) is 50.9 Å². The number of hydrogen-bond donors (Lipinski definition) is 2. The molecule has 2 aromatic rings. The number of nitrogen functional groups attached to an aromatic ring is 1. The van der Waals surface area contributed by atoms with Crippen LogP contribution in [0.4, 0.5) is 10.1 Å². The number of halogens is 1. The molecule has 1 aromatic carbocycles. The second kappa shape index (κ2) is 3.67. The molecule has 0 bridgehead atoms. The number of aryl methyl sites for hydroxylation is 2. The fourth-order valence-corrected chi connectivity index (χ4v) is 2.62. The fraction of sp³-hybridized carbons (Fsp3) is 0.308. The molecular weight excluding hydrogens is 217 g/mol. The third-order valence-corrected chi connectivity index (χ3v) is 3.36. The molecule has 3 N–H and O–H groups in total.